The van der Waals surface area contributed by atoms with Crippen LogP contribution < -0.4 is 4.74 Å². The van der Waals surface area contributed by atoms with Crippen molar-refractivity contribution < 1.29 is 4.74 Å². The van der Waals surface area contributed by atoms with Crippen molar-refractivity contribution in [2.24, 2.45) is 0 Å². The summed E-state index contributed by atoms with van der Waals surface area (Å²) in [6.45, 7) is 0. The van der Waals surface area contributed by atoms with Crippen LogP contribution >= 0.6 is 12.4 Å². The molecular formula is C14H17ClN2O. The fourth-order valence-electron chi connectivity index (χ4n) is 2.66. The van der Waals surface area contributed by atoms with Gasteiger partial charge in [-0.2, -0.15) is 0 Å². The van der Waals surface area contributed by atoms with Crippen LogP contribution in [0.1, 0.15) is 29.2 Å². The van der Waals surface area contributed by atoms with Gasteiger partial charge in [0.05, 0.1) is 19.1 Å². The Labute approximate surface area is 113 Å². The Morgan fingerprint density at radius 2 is 2.33 bits per heavy atom. The largest absolute Gasteiger partial charge is 0.497 e. The summed E-state index contributed by atoms with van der Waals surface area (Å²) in [5.41, 5.74) is 4.05. The maximum absolute atomic E-state index is 5.30. The van der Waals surface area contributed by atoms with Crippen LogP contribution in [-0.2, 0) is 12.8 Å². The van der Waals surface area contributed by atoms with Gasteiger partial charge in [-0.25, -0.2) is 4.98 Å². The van der Waals surface area contributed by atoms with E-state index in [-0.39, 0.29) is 12.4 Å². The molecule has 0 bridgehead atoms. The van der Waals surface area contributed by atoms with E-state index in [1.165, 1.54) is 24.0 Å². The Morgan fingerprint density at radius 3 is 3.06 bits per heavy atom. The lowest BCUT2D eigenvalue weighted by Crippen LogP contribution is -1.99. The summed E-state index contributed by atoms with van der Waals surface area (Å²) in [7, 11) is 1.72. The minimum atomic E-state index is 0. The molecule has 1 heterocycles. The molecule has 0 amide bonds. The number of aryl methyl sites for hydroxylation is 1. The van der Waals surface area contributed by atoms with Crippen molar-refractivity contribution in [3.8, 4) is 5.75 Å². The quantitative estimate of drug-likeness (QED) is 0.925. The Morgan fingerprint density at radius 1 is 1.44 bits per heavy atom. The highest BCUT2D eigenvalue weighted by atomic mass is 35.5. The zero-order valence-electron chi connectivity index (χ0n) is 10.3. The molecule has 0 saturated carbocycles. The highest BCUT2D eigenvalue weighted by Crippen LogP contribution is 2.37. The number of fused-ring (bicyclic) bond motifs is 1. The van der Waals surface area contributed by atoms with E-state index in [1.807, 2.05) is 6.20 Å². The van der Waals surface area contributed by atoms with Crippen molar-refractivity contribution in [1.82, 2.24) is 9.97 Å². The van der Waals surface area contributed by atoms with Gasteiger partial charge in [0.15, 0.2) is 0 Å². The molecule has 4 heteroatoms. The number of H-pyrrole nitrogens is 1. The van der Waals surface area contributed by atoms with Crippen molar-refractivity contribution in [3.63, 3.8) is 0 Å². The van der Waals surface area contributed by atoms with Crippen molar-refractivity contribution >= 4 is 12.4 Å². The molecule has 1 aliphatic rings. The molecule has 0 radical (unpaired) electrons. The lowest BCUT2D eigenvalue weighted by atomic mass is 9.96. The van der Waals surface area contributed by atoms with Gasteiger partial charge in [0.25, 0.3) is 0 Å². The van der Waals surface area contributed by atoms with E-state index in [0.29, 0.717) is 5.92 Å². The van der Waals surface area contributed by atoms with Gasteiger partial charge in [0, 0.05) is 6.20 Å². The molecule has 1 aliphatic carbocycles. The summed E-state index contributed by atoms with van der Waals surface area (Å²) >= 11 is 0. The maximum Gasteiger partial charge on any atom is 0.119 e. The third-order valence-corrected chi connectivity index (χ3v) is 3.57. The number of methoxy groups -OCH3 is 1. The van der Waals surface area contributed by atoms with Gasteiger partial charge < -0.3 is 9.72 Å². The summed E-state index contributed by atoms with van der Waals surface area (Å²) in [6, 6.07) is 6.42. The number of aromatic amines is 1. The number of aromatic nitrogens is 2. The van der Waals surface area contributed by atoms with E-state index in [0.717, 1.165) is 17.9 Å². The molecule has 18 heavy (non-hydrogen) atoms. The predicted octanol–water partition coefficient (Wildman–Crippen LogP) is 3.11. The Bertz CT molecular complexity index is 511. The predicted molar refractivity (Wildman–Crippen MR) is 73.6 cm³/mol. The molecule has 96 valence electrons. The van der Waals surface area contributed by atoms with Gasteiger partial charge >= 0.3 is 0 Å². The van der Waals surface area contributed by atoms with Crippen LogP contribution in [0.15, 0.2) is 30.7 Å². The molecule has 1 atom stereocenters. The molecule has 2 aromatic rings. The number of halogens is 1. The lowest BCUT2D eigenvalue weighted by Gasteiger charge is -2.11. The number of imidazole rings is 1. The molecule has 0 spiro atoms. The minimum Gasteiger partial charge on any atom is -0.497 e. The van der Waals surface area contributed by atoms with E-state index in [4.69, 9.17) is 4.74 Å². The van der Waals surface area contributed by atoms with E-state index in [9.17, 15) is 0 Å². The average Bonchev–Trinajstić information content (AvgIpc) is 2.99. The molecule has 0 aliphatic heterocycles. The molecule has 0 fully saturated rings. The first-order valence-electron chi connectivity index (χ1n) is 6.01. The van der Waals surface area contributed by atoms with Crippen LogP contribution in [0.3, 0.4) is 0 Å². The zero-order chi connectivity index (χ0) is 11.7. The van der Waals surface area contributed by atoms with Crippen LogP contribution in [0.2, 0.25) is 0 Å². The molecule has 1 aromatic carbocycles. The van der Waals surface area contributed by atoms with Crippen LogP contribution in [0.25, 0.3) is 0 Å². The van der Waals surface area contributed by atoms with E-state index in [1.54, 1.807) is 13.4 Å². The highest BCUT2D eigenvalue weighted by Gasteiger charge is 2.23. The van der Waals surface area contributed by atoms with Crippen LogP contribution in [0.5, 0.6) is 5.75 Å². The molecule has 1 aromatic heterocycles. The third-order valence-electron chi connectivity index (χ3n) is 3.57. The van der Waals surface area contributed by atoms with Crippen molar-refractivity contribution in [3.05, 3.63) is 47.5 Å². The molecule has 1 N–H and O–H groups in total. The molecular weight excluding hydrogens is 248 g/mol. The SMILES string of the molecule is COc1ccc2c(c1)C(Cc1c[nH]cn1)CC2.Cl. The number of nitrogens with zero attached hydrogens (tertiary/aromatic N) is 1. The standard InChI is InChI=1S/C14H16N2O.ClH/c1-17-13-5-4-10-2-3-11(14(10)7-13)6-12-8-15-9-16-12;/h4-5,7-9,11H,2-3,6H2,1H3,(H,15,16);1H. The fourth-order valence-corrected chi connectivity index (χ4v) is 2.66. The third kappa shape index (κ3) is 2.36. The number of benzene rings is 1. The summed E-state index contributed by atoms with van der Waals surface area (Å²) in [6.07, 6.45) is 7.14. The molecule has 0 saturated heterocycles. The monoisotopic (exact) mass is 264 g/mol. The van der Waals surface area contributed by atoms with Crippen molar-refractivity contribution in [2.45, 2.75) is 25.2 Å². The zero-order valence-corrected chi connectivity index (χ0v) is 11.2. The average molecular weight is 265 g/mol. The number of ether oxygens (including phenoxy) is 1. The number of nitrogens with one attached hydrogen (secondary N) is 1. The Hall–Kier alpha value is -1.48. The lowest BCUT2D eigenvalue weighted by molar-refractivity contribution is 0.414. The summed E-state index contributed by atoms with van der Waals surface area (Å²) in [4.78, 5) is 7.32. The maximum atomic E-state index is 5.30. The molecule has 3 nitrogen and oxygen atoms in total. The van der Waals surface area contributed by atoms with E-state index in [2.05, 4.69) is 28.2 Å². The van der Waals surface area contributed by atoms with Crippen LogP contribution in [0, 0.1) is 0 Å². The van der Waals surface area contributed by atoms with Gasteiger partial charge in [-0.15, -0.1) is 12.4 Å². The van der Waals surface area contributed by atoms with Crippen LogP contribution in [-0.4, -0.2) is 17.1 Å². The Kier molecular flexibility index (Phi) is 3.92. The smallest absolute Gasteiger partial charge is 0.119 e. The van der Waals surface area contributed by atoms with Crippen molar-refractivity contribution in [2.75, 3.05) is 7.11 Å². The Balaban J connectivity index is 0.00000120. The van der Waals surface area contributed by atoms with Gasteiger partial charge in [-0.1, -0.05) is 6.07 Å². The normalized spacial score (nSPS) is 17.1. The van der Waals surface area contributed by atoms with E-state index < -0.39 is 0 Å². The summed E-state index contributed by atoms with van der Waals surface area (Å²) in [5, 5.41) is 0. The topological polar surface area (TPSA) is 37.9 Å². The second-order valence-electron chi connectivity index (χ2n) is 4.57. The second-order valence-corrected chi connectivity index (χ2v) is 4.57. The first-order valence-corrected chi connectivity index (χ1v) is 6.01. The van der Waals surface area contributed by atoms with Gasteiger partial charge in [-0.3, -0.25) is 0 Å². The van der Waals surface area contributed by atoms with Crippen molar-refractivity contribution in [1.29, 1.82) is 0 Å². The van der Waals surface area contributed by atoms with Gasteiger partial charge in [0.1, 0.15) is 5.75 Å². The fraction of sp³-hybridized carbons (Fsp3) is 0.357. The number of hydrogen-bond acceptors (Lipinski definition) is 2. The number of hydrogen-bond donors (Lipinski definition) is 1. The molecule has 1 unspecified atom stereocenters. The highest BCUT2D eigenvalue weighted by molar-refractivity contribution is 5.85. The number of rotatable bonds is 3. The summed E-state index contributed by atoms with van der Waals surface area (Å²) in [5.74, 6) is 1.54. The first-order chi connectivity index (χ1) is 8.36. The van der Waals surface area contributed by atoms with Gasteiger partial charge in [-0.05, 0) is 48.4 Å². The minimum absolute atomic E-state index is 0. The van der Waals surface area contributed by atoms with Crippen LogP contribution in [0.4, 0.5) is 0 Å². The molecule has 3 rings (SSSR count). The first kappa shape index (κ1) is 13.0. The van der Waals surface area contributed by atoms with E-state index >= 15 is 0 Å². The second kappa shape index (κ2) is 5.44. The summed E-state index contributed by atoms with van der Waals surface area (Å²) < 4.78 is 5.30. The van der Waals surface area contributed by atoms with Gasteiger partial charge in [0.2, 0.25) is 0 Å².